The number of ether oxygens (including phenoxy) is 1. The highest BCUT2D eigenvalue weighted by atomic mass is 35.5. The Morgan fingerprint density at radius 1 is 1.02 bits per heavy atom. The van der Waals surface area contributed by atoms with Crippen molar-refractivity contribution in [2.45, 2.75) is 56.3 Å². The standard InChI is InChI=1S/C34H40ClN3O5/c1-4-20-36(24-14-8-7-9-15-24)30(40)27-28-31(41)38(22-12-13-23-39)29(34(28)19-18-33(27,6-3)43-34)32(42)37(21-5-2)26-17-11-10-16-25(26)35/h4-5,7-11,14-17,27-29,39H,1-2,6,12-13,18-23H2,3H3/t27-,28+,29?,33+,34?/m1/s1. The summed E-state index contributed by atoms with van der Waals surface area (Å²) in [5.41, 5.74) is -0.830. The van der Waals surface area contributed by atoms with Gasteiger partial charge in [-0.1, -0.05) is 61.0 Å². The van der Waals surface area contributed by atoms with E-state index in [1.165, 1.54) is 0 Å². The molecule has 2 bridgehead atoms. The van der Waals surface area contributed by atoms with E-state index >= 15 is 0 Å². The molecule has 0 radical (unpaired) electrons. The van der Waals surface area contributed by atoms with Gasteiger partial charge >= 0.3 is 0 Å². The molecule has 0 saturated carbocycles. The van der Waals surface area contributed by atoms with Crippen LogP contribution in [0, 0.1) is 11.8 Å². The van der Waals surface area contributed by atoms with Crippen LogP contribution in [-0.4, -0.2) is 71.2 Å². The second kappa shape index (κ2) is 12.6. The minimum atomic E-state index is -1.18. The van der Waals surface area contributed by atoms with E-state index in [1.54, 1.807) is 51.1 Å². The van der Waals surface area contributed by atoms with Crippen LogP contribution in [-0.2, 0) is 19.1 Å². The average Bonchev–Trinajstić information content (AvgIpc) is 3.62. The van der Waals surface area contributed by atoms with Crippen molar-refractivity contribution in [1.82, 2.24) is 4.90 Å². The van der Waals surface area contributed by atoms with Crippen LogP contribution in [0.15, 0.2) is 79.9 Å². The largest absolute Gasteiger partial charge is 0.396 e. The van der Waals surface area contributed by atoms with Gasteiger partial charge in [-0.2, -0.15) is 0 Å². The number of hydrogen-bond acceptors (Lipinski definition) is 5. The number of rotatable bonds is 13. The molecular weight excluding hydrogens is 566 g/mol. The fourth-order valence-electron chi connectivity index (χ4n) is 7.49. The number of aliphatic hydroxyl groups excluding tert-OH is 1. The maximum absolute atomic E-state index is 14.7. The number of carbonyl (C=O) groups is 3. The summed E-state index contributed by atoms with van der Waals surface area (Å²) in [6.45, 7) is 10.4. The summed E-state index contributed by atoms with van der Waals surface area (Å²) in [5.74, 6) is -2.38. The van der Waals surface area contributed by atoms with Gasteiger partial charge in [-0.25, -0.2) is 0 Å². The topological polar surface area (TPSA) is 90.4 Å². The zero-order chi connectivity index (χ0) is 30.8. The van der Waals surface area contributed by atoms with Crippen molar-refractivity contribution in [3.63, 3.8) is 0 Å². The van der Waals surface area contributed by atoms with E-state index in [-0.39, 0.29) is 44.0 Å². The van der Waals surface area contributed by atoms with Gasteiger partial charge in [0.2, 0.25) is 11.8 Å². The summed E-state index contributed by atoms with van der Waals surface area (Å²) < 4.78 is 6.96. The zero-order valence-electron chi connectivity index (χ0n) is 24.7. The maximum Gasteiger partial charge on any atom is 0.253 e. The van der Waals surface area contributed by atoms with Crippen molar-refractivity contribution in [3.05, 3.63) is 84.9 Å². The molecule has 5 atom stereocenters. The number of amides is 3. The van der Waals surface area contributed by atoms with Crippen molar-refractivity contribution in [2.24, 2.45) is 11.8 Å². The number of carbonyl (C=O) groups excluding carboxylic acids is 3. The molecule has 2 aromatic carbocycles. The molecular formula is C34H40ClN3O5. The van der Waals surface area contributed by atoms with Gasteiger partial charge in [0.05, 0.1) is 28.1 Å². The van der Waals surface area contributed by atoms with Gasteiger partial charge in [-0.3, -0.25) is 14.4 Å². The third-order valence-electron chi connectivity index (χ3n) is 9.35. The Morgan fingerprint density at radius 2 is 1.70 bits per heavy atom. The first-order chi connectivity index (χ1) is 20.8. The molecule has 2 unspecified atom stereocenters. The summed E-state index contributed by atoms with van der Waals surface area (Å²) in [6, 6.07) is 15.5. The van der Waals surface area contributed by atoms with Crippen LogP contribution in [0.2, 0.25) is 5.02 Å². The number of halogens is 1. The van der Waals surface area contributed by atoms with Gasteiger partial charge in [-0.05, 0) is 56.4 Å². The molecule has 9 heteroatoms. The molecule has 2 aromatic rings. The second-order valence-corrected chi connectivity index (χ2v) is 12.0. The molecule has 3 aliphatic heterocycles. The maximum atomic E-state index is 14.7. The minimum Gasteiger partial charge on any atom is -0.396 e. The summed E-state index contributed by atoms with van der Waals surface area (Å²) >= 11 is 6.57. The molecule has 43 heavy (non-hydrogen) atoms. The third-order valence-corrected chi connectivity index (χ3v) is 9.67. The van der Waals surface area contributed by atoms with Crippen LogP contribution in [0.5, 0.6) is 0 Å². The van der Waals surface area contributed by atoms with Crippen LogP contribution in [0.4, 0.5) is 11.4 Å². The molecule has 3 aliphatic rings. The summed E-state index contributed by atoms with van der Waals surface area (Å²) in [6.07, 6.45) is 5.85. The predicted octanol–water partition coefficient (Wildman–Crippen LogP) is 5.01. The molecule has 3 heterocycles. The van der Waals surface area contributed by atoms with Crippen LogP contribution < -0.4 is 9.80 Å². The Balaban J connectivity index is 1.61. The van der Waals surface area contributed by atoms with Gasteiger partial charge in [0.15, 0.2) is 0 Å². The van der Waals surface area contributed by atoms with Crippen molar-refractivity contribution < 1.29 is 24.2 Å². The molecule has 8 nitrogen and oxygen atoms in total. The van der Waals surface area contributed by atoms with E-state index in [9.17, 15) is 19.5 Å². The Hall–Kier alpha value is -3.46. The number of nitrogens with zero attached hydrogens (tertiary/aromatic N) is 3. The summed E-state index contributed by atoms with van der Waals surface area (Å²) in [7, 11) is 0. The van der Waals surface area contributed by atoms with Crippen LogP contribution in [0.1, 0.15) is 39.0 Å². The van der Waals surface area contributed by atoms with Crippen molar-refractivity contribution in [3.8, 4) is 0 Å². The van der Waals surface area contributed by atoms with E-state index in [1.807, 2.05) is 37.3 Å². The second-order valence-electron chi connectivity index (χ2n) is 11.6. The van der Waals surface area contributed by atoms with Gasteiger partial charge in [0.25, 0.3) is 5.91 Å². The average molecular weight is 606 g/mol. The Kier molecular flexibility index (Phi) is 9.11. The fraction of sp³-hybridized carbons (Fsp3) is 0.441. The SMILES string of the molecule is C=CCN(C(=O)[C@H]1[C@H]2C(=O)N(CCCCO)C(C(=O)N(CC=C)c3ccccc3Cl)C23CC[C@]1(CC)O3)c1ccccc1. The smallest absolute Gasteiger partial charge is 0.253 e. The van der Waals surface area contributed by atoms with Gasteiger partial charge in [0, 0.05) is 31.9 Å². The summed E-state index contributed by atoms with van der Waals surface area (Å²) in [5, 5.41) is 9.90. The number of para-hydroxylation sites is 2. The number of benzene rings is 2. The molecule has 228 valence electrons. The number of likely N-dealkylation sites (tertiary alicyclic amines) is 1. The highest BCUT2D eigenvalue weighted by Gasteiger charge is 2.79. The van der Waals surface area contributed by atoms with E-state index in [0.717, 1.165) is 0 Å². The first-order valence-electron chi connectivity index (χ1n) is 15.1. The number of hydrogen-bond donors (Lipinski definition) is 1. The number of anilines is 2. The number of aliphatic hydroxyl groups is 1. The molecule has 5 rings (SSSR count). The molecule has 0 aromatic heterocycles. The minimum absolute atomic E-state index is 0.0262. The monoisotopic (exact) mass is 605 g/mol. The molecule has 3 saturated heterocycles. The lowest BCUT2D eigenvalue weighted by Gasteiger charge is -2.37. The normalized spacial score (nSPS) is 27.2. The lowest BCUT2D eigenvalue weighted by molar-refractivity contribution is -0.146. The molecule has 1 spiro atoms. The van der Waals surface area contributed by atoms with Crippen molar-refractivity contribution >= 4 is 40.7 Å². The van der Waals surface area contributed by atoms with Crippen LogP contribution in [0.3, 0.4) is 0 Å². The third kappa shape index (κ3) is 5.09. The first kappa shape index (κ1) is 31.0. The zero-order valence-corrected chi connectivity index (χ0v) is 25.4. The lowest BCUT2D eigenvalue weighted by Crippen LogP contribution is -2.56. The Labute approximate surface area is 258 Å². The van der Waals surface area contributed by atoms with Crippen LogP contribution in [0.25, 0.3) is 0 Å². The van der Waals surface area contributed by atoms with Gasteiger partial charge < -0.3 is 24.5 Å². The molecule has 3 amide bonds. The van der Waals surface area contributed by atoms with Crippen molar-refractivity contribution in [2.75, 3.05) is 36.0 Å². The van der Waals surface area contributed by atoms with Gasteiger partial charge in [-0.15, -0.1) is 13.2 Å². The van der Waals surface area contributed by atoms with E-state index in [2.05, 4.69) is 13.2 Å². The Bertz CT molecular complexity index is 1390. The van der Waals surface area contributed by atoms with Gasteiger partial charge in [0.1, 0.15) is 11.6 Å². The highest BCUT2D eigenvalue weighted by molar-refractivity contribution is 6.34. The predicted molar refractivity (Wildman–Crippen MR) is 168 cm³/mol. The van der Waals surface area contributed by atoms with E-state index in [4.69, 9.17) is 16.3 Å². The summed E-state index contributed by atoms with van der Waals surface area (Å²) in [4.78, 5) is 48.7. The quantitative estimate of drug-likeness (QED) is 0.256. The number of fused-ring (bicyclic) bond motifs is 1. The number of unbranched alkanes of at least 4 members (excludes halogenated alkanes) is 1. The molecule has 1 N–H and O–H groups in total. The first-order valence-corrected chi connectivity index (χ1v) is 15.4. The lowest BCUT2D eigenvalue weighted by atomic mass is 9.64. The van der Waals surface area contributed by atoms with E-state index < -0.39 is 29.1 Å². The molecule has 0 aliphatic carbocycles. The van der Waals surface area contributed by atoms with E-state index in [0.29, 0.717) is 48.5 Å². The van der Waals surface area contributed by atoms with Crippen LogP contribution >= 0.6 is 11.6 Å². The Morgan fingerprint density at radius 3 is 2.35 bits per heavy atom. The van der Waals surface area contributed by atoms with Crippen molar-refractivity contribution in [1.29, 1.82) is 0 Å². The fourth-order valence-corrected chi connectivity index (χ4v) is 7.73. The highest BCUT2D eigenvalue weighted by Crippen LogP contribution is 2.65. The molecule has 3 fully saturated rings.